The molecule has 3 aliphatic rings. The highest BCUT2D eigenvalue weighted by molar-refractivity contribution is 6.01. The average Bonchev–Trinajstić information content (AvgIpc) is 2.60. The SMILES string of the molecule is C[C@H]1CC(=O)[C@@H]2[C@H]3C(C(C)(C)O)C[C@]2(C)C(=O)[C@H]31. The molecule has 18 heavy (non-hydrogen) atoms. The molecular weight excluding hydrogens is 228 g/mol. The van der Waals surface area contributed by atoms with Crippen LogP contribution in [0.5, 0.6) is 0 Å². The summed E-state index contributed by atoms with van der Waals surface area (Å²) in [6.07, 6.45) is 1.23. The highest BCUT2D eigenvalue weighted by Crippen LogP contribution is 2.67. The van der Waals surface area contributed by atoms with E-state index in [0.717, 1.165) is 0 Å². The molecule has 1 unspecified atom stereocenters. The van der Waals surface area contributed by atoms with Crippen molar-refractivity contribution in [3.05, 3.63) is 0 Å². The van der Waals surface area contributed by atoms with Crippen LogP contribution in [-0.4, -0.2) is 22.3 Å². The molecule has 0 aliphatic heterocycles. The van der Waals surface area contributed by atoms with E-state index < -0.39 is 11.0 Å². The Morgan fingerprint density at radius 1 is 1.33 bits per heavy atom. The fourth-order valence-electron chi connectivity index (χ4n) is 5.14. The van der Waals surface area contributed by atoms with Crippen molar-refractivity contribution < 1.29 is 14.7 Å². The number of carbonyl (C=O) groups is 2. The van der Waals surface area contributed by atoms with Crippen molar-refractivity contribution in [2.24, 2.45) is 35.0 Å². The van der Waals surface area contributed by atoms with Gasteiger partial charge >= 0.3 is 0 Å². The maximum absolute atomic E-state index is 12.6. The predicted molar refractivity (Wildman–Crippen MR) is 66.8 cm³/mol. The van der Waals surface area contributed by atoms with E-state index in [1.165, 1.54) is 0 Å². The first-order valence-electron chi connectivity index (χ1n) is 6.97. The van der Waals surface area contributed by atoms with Crippen molar-refractivity contribution in [3.63, 3.8) is 0 Å². The van der Waals surface area contributed by atoms with Gasteiger partial charge < -0.3 is 5.11 Å². The molecule has 0 radical (unpaired) electrons. The van der Waals surface area contributed by atoms with Gasteiger partial charge in [0.2, 0.25) is 0 Å². The first-order valence-corrected chi connectivity index (χ1v) is 6.97. The van der Waals surface area contributed by atoms with Gasteiger partial charge in [0.25, 0.3) is 0 Å². The first-order chi connectivity index (χ1) is 8.18. The molecule has 0 aromatic carbocycles. The summed E-state index contributed by atoms with van der Waals surface area (Å²) < 4.78 is 0. The molecule has 3 fully saturated rings. The highest BCUT2D eigenvalue weighted by atomic mass is 16.3. The van der Waals surface area contributed by atoms with Gasteiger partial charge in [-0.3, -0.25) is 9.59 Å². The summed E-state index contributed by atoms with van der Waals surface area (Å²) in [5.41, 5.74) is -1.29. The van der Waals surface area contributed by atoms with Gasteiger partial charge in [-0.1, -0.05) is 13.8 Å². The third-order valence-corrected chi connectivity index (χ3v) is 5.85. The summed E-state index contributed by atoms with van der Waals surface area (Å²) in [6, 6.07) is 0. The highest BCUT2D eigenvalue weighted by Gasteiger charge is 2.72. The van der Waals surface area contributed by atoms with Gasteiger partial charge in [-0.05, 0) is 38.0 Å². The topological polar surface area (TPSA) is 54.4 Å². The van der Waals surface area contributed by atoms with E-state index in [9.17, 15) is 14.7 Å². The van der Waals surface area contributed by atoms with Crippen LogP contribution < -0.4 is 0 Å². The number of rotatable bonds is 1. The lowest BCUT2D eigenvalue weighted by Crippen LogP contribution is -2.45. The van der Waals surface area contributed by atoms with Crippen molar-refractivity contribution in [1.82, 2.24) is 0 Å². The number of ketones is 2. The van der Waals surface area contributed by atoms with Crippen LogP contribution in [0.15, 0.2) is 0 Å². The van der Waals surface area contributed by atoms with Crippen LogP contribution in [0, 0.1) is 35.0 Å². The molecule has 0 heterocycles. The smallest absolute Gasteiger partial charge is 0.143 e. The second-order valence-electron chi connectivity index (χ2n) is 7.47. The van der Waals surface area contributed by atoms with Crippen molar-refractivity contribution in [1.29, 1.82) is 0 Å². The molecule has 4 bridgehead atoms. The zero-order valence-corrected chi connectivity index (χ0v) is 11.6. The molecule has 3 saturated carbocycles. The Kier molecular flexibility index (Phi) is 2.22. The number of aliphatic hydroxyl groups is 1. The van der Waals surface area contributed by atoms with E-state index in [0.29, 0.717) is 12.8 Å². The van der Waals surface area contributed by atoms with E-state index in [4.69, 9.17) is 0 Å². The maximum atomic E-state index is 12.6. The van der Waals surface area contributed by atoms with E-state index >= 15 is 0 Å². The normalized spacial score (nSPS) is 51.1. The minimum absolute atomic E-state index is 0.00266. The molecule has 0 saturated heterocycles. The van der Waals surface area contributed by atoms with Crippen LogP contribution in [0.25, 0.3) is 0 Å². The molecule has 3 aliphatic carbocycles. The van der Waals surface area contributed by atoms with Crippen LogP contribution in [0.2, 0.25) is 0 Å². The zero-order chi connectivity index (χ0) is 13.5. The van der Waals surface area contributed by atoms with Gasteiger partial charge in [-0.25, -0.2) is 0 Å². The van der Waals surface area contributed by atoms with Gasteiger partial charge in [0, 0.05) is 23.7 Å². The average molecular weight is 250 g/mol. The second kappa shape index (κ2) is 3.24. The van der Waals surface area contributed by atoms with Gasteiger partial charge in [-0.15, -0.1) is 0 Å². The molecule has 0 aromatic heterocycles. The summed E-state index contributed by atoms with van der Waals surface area (Å²) in [4.78, 5) is 24.9. The summed E-state index contributed by atoms with van der Waals surface area (Å²) >= 11 is 0. The lowest BCUT2D eigenvalue weighted by atomic mass is 9.64. The van der Waals surface area contributed by atoms with Gasteiger partial charge in [0.1, 0.15) is 11.6 Å². The fourth-order valence-corrected chi connectivity index (χ4v) is 5.14. The Morgan fingerprint density at radius 3 is 2.50 bits per heavy atom. The molecule has 3 nitrogen and oxygen atoms in total. The fraction of sp³-hybridized carbons (Fsp3) is 0.867. The third kappa shape index (κ3) is 1.24. The van der Waals surface area contributed by atoms with Crippen LogP contribution in [0.1, 0.15) is 40.5 Å². The van der Waals surface area contributed by atoms with Crippen molar-refractivity contribution in [2.45, 2.75) is 46.1 Å². The first kappa shape index (κ1) is 12.3. The minimum Gasteiger partial charge on any atom is -0.390 e. The van der Waals surface area contributed by atoms with Crippen molar-refractivity contribution >= 4 is 11.6 Å². The summed E-state index contributed by atoms with van der Waals surface area (Å²) in [5.74, 6) is 0.740. The standard InChI is InChI=1S/C15H22O3/c1-7-5-9(16)12-11-8(14(2,3)18)6-15(12,4)13(17)10(7)11/h7-8,10-12,18H,5-6H2,1-4H3/t7-,8?,10-,11-,12+,15-/m0/s1. The Balaban J connectivity index is 2.11. The molecule has 1 N–H and O–H groups in total. The molecule has 0 aromatic rings. The van der Waals surface area contributed by atoms with E-state index in [1.54, 1.807) is 0 Å². The van der Waals surface area contributed by atoms with Crippen LogP contribution in [0.4, 0.5) is 0 Å². The number of hydrogen-bond donors (Lipinski definition) is 1. The zero-order valence-electron chi connectivity index (χ0n) is 11.6. The molecular formula is C15H22O3. The van der Waals surface area contributed by atoms with Crippen LogP contribution in [0.3, 0.4) is 0 Å². The third-order valence-electron chi connectivity index (χ3n) is 5.85. The Labute approximate surface area is 108 Å². The predicted octanol–water partition coefficient (Wildman–Crippen LogP) is 1.82. The summed E-state index contributed by atoms with van der Waals surface area (Å²) in [6.45, 7) is 7.60. The summed E-state index contributed by atoms with van der Waals surface area (Å²) in [5, 5.41) is 10.3. The van der Waals surface area contributed by atoms with E-state index in [-0.39, 0.29) is 41.2 Å². The molecule has 0 spiro atoms. The number of carbonyl (C=O) groups excluding carboxylic acids is 2. The van der Waals surface area contributed by atoms with Crippen molar-refractivity contribution in [3.8, 4) is 0 Å². The van der Waals surface area contributed by atoms with E-state index in [2.05, 4.69) is 0 Å². The Bertz CT molecular complexity index is 434. The van der Waals surface area contributed by atoms with Gasteiger partial charge in [-0.2, -0.15) is 0 Å². The Morgan fingerprint density at radius 2 is 1.94 bits per heavy atom. The number of hydrogen-bond acceptors (Lipinski definition) is 3. The van der Waals surface area contributed by atoms with Gasteiger partial charge in [0.05, 0.1) is 5.60 Å². The minimum atomic E-state index is -0.795. The summed E-state index contributed by atoms with van der Waals surface area (Å²) in [7, 11) is 0. The monoisotopic (exact) mass is 250 g/mol. The lowest BCUT2D eigenvalue weighted by Gasteiger charge is -2.41. The lowest BCUT2D eigenvalue weighted by molar-refractivity contribution is -0.136. The molecule has 3 rings (SSSR count). The maximum Gasteiger partial charge on any atom is 0.143 e. The quantitative estimate of drug-likeness (QED) is 0.772. The van der Waals surface area contributed by atoms with Crippen LogP contribution in [-0.2, 0) is 9.59 Å². The van der Waals surface area contributed by atoms with E-state index in [1.807, 2.05) is 27.7 Å². The molecule has 0 amide bonds. The Hall–Kier alpha value is -0.700. The largest absolute Gasteiger partial charge is 0.390 e. The molecule has 6 atom stereocenters. The number of Topliss-reactive ketones (excluding diaryl/α,β-unsaturated/α-hetero) is 2. The van der Waals surface area contributed by atoms with Crippen LogP contribution >= 0.6 is 0 Å². The molecule has 100 valence electrons. The van der Waals surface area contributed by atoms with Gasteiger partial charge in [0.15, 0.2) is 0 Å². The van der Waals surface area contributed by atoms with Crippen molar-refractivity contribution in [2.75, 3.05) is 0 Å². The molecule has 3 heteroatoms. The second-order valence-corrected chi connectivity index (χ2v) is 7.47.